The van der Waals surface area contributed by atoms with E-state index < -0.39 is 0 Å². The van der Waals surface area contributed by atoms with Crippen LogP contribution in [0.1, 0.15) is 26.2 Å². The highest BCUT2D eigenvalue weighted by Crippen LogP contribution is 2.02. The van der Waals surface area contributed by atoms with Crippen molar-refractivity contribution in [2.75, 3.05) is 33.8 Å². The standard InChI is InChI=1S/C11H24N2O2/c1-10(9-14)5-4-7-12-11(15)6-8-13(2)3/h10,14H,4-9H2,1-3H3,(H,12,15). The van der Waals surface area contributed by atoms with E-state index in [1.54, 1.807) is 0 Å². The zero-order valence-electron chi connectivity index (χ0n) is 10.1. The number of aliphatic hydroxyl groups is 1. The van der Waals surface area contributed by atoms with E-state index in [0.717, 1.165) is 25.9 Å². The Labute approximate surface area is 92.7 Å². The average Bonchev–Trinajstić information content (AvgIpc) is 2.21. The van der Waals surface area contributed by atoms with Gasteiger partial charge < -0.3 is 15.3 Å². The first-order chi connectivity index (χ1) is 7.06. The minimum Gasteiger partial charge on any atom is -0.396 e. The Balaban J connectivity index is 3.31. The molecule has 0 bridgehead atoms. The van der Waals surface area contributed by atoms with Gasteiger partial charge in [0.05, 0.1) is 0 Å². The molecule has 0 rings (SSSR count). The van der Waals surface area contributed by atoms with E-state index in [-0.39, 0.29) is 12.5 Å². The van der Waals surface area contributed by atoms with E-state index in [2.05, 4.69) is 5.32 Å². The van der Waals surface area contributed by atoms with Crippen molar-refractivity contribution in [3.05, 3.63) is 0 Å². The molecule has 0 heterocycles. The van der Waals surface area contributed by atoms with Crippen LogP contribution in [0, 0.1) is 5.92 Å². The minimum absolute atomic E-state index is 0.111. The van der Waals surface area contributed by atoms with E-state index in [1.807, 2.05) is 25.9 Å². The second-order valence-electron chi connectivity index (χ2n) is 4.33. The van der Waals surface area contributed by atoms with Gasteiger partial charge in [-0.1, -0.05) is 6.92 Å². The molecule has 4 nitrogen and oxygen atoms in total. The van der Waals surface area contributed by atoms with Crippen molar-refractivity contribution < 1.29 is 9.90 Å². The molecule has 0 radical (unpaired) electrons. The summed E-state index contributed by atoms with van der Waals surface area (Å²) in [6, 6.07) is 0. The van der Waals surface area contributed by atoms with Crippen LogP contribution in [0.2, 0.25) is 0 Å². The van der Waals surface area contributed by atoms with Gasteiger partial charge in [-0.15, -0.1) is 0 Å². The molecule has 15 heavy (non-hydrogen) atoms. The quantitative estimate of drug-likeness (QED) is 0.580. The zero-order valence-corrected chi connectivity index (χ0v) is 10.1. The first-order valence-corrected chi connectivity index (χ1v) is 5.58. The Hall–Kier alpha value is -0.610. The fourth-order valence-corrected chi connectivity index (χ4v) is 1.18. The smallest absolute Gasteiger partial charge is 0.221 e. The van der Waals surface area contributed by atoms with Crippen molar-refractivity contribution in [2.45, 2.75) is 26.2 Å². The van der Waals surface area contributed by atoms with Crippen LogP contribution < -0.4 is 5.32 Å². The molecule has 0 aromatic carbocycles. The van der Waals surface area contributed by atoms with Crippen molar-refractivity contribution in [3.8, 4) is 0 Å². The molecule has 1 unspecified atom stereocenters. The highest BCUT2D eigenvalue weighted by Gasteiger charge is 2.02. The first kappa shape index (κ1) is 14.4. The summed E-state index contributed by atoms with van der Waals surface area (Å²) < 4.78 is 0. The fourth-order valence-electron chi connectivity index (χ4n) is 1.18. The second-order valence-corrected chi connectivity index (χ2v) is 4.33. The maximum absolute atomic E-state index is 11.3. The number of hydrogen-bond donors (Lipinski definition) is 2. The summed E-state index contributed by atoms with van der Waals surface area (Å²) in [6.07, 6.45) is 2.46. The molecule has 0 aliphatic rings. The Morgan fingerprint density at radius 1 is 1.47 bits per heavy atom. The third-order valence-corrected chi connectivity index (χ3v) is 2.29. The largest absolute Gasteiger partial charge is 0.396 e. The number of nitrogens with one attached hydrogen (secondary N) is 1. The molecule has 0 spiro atoms. The van der Waals surface area contributed by atoms with Crippen LogP contribution in [0.15, 0.2) is 0 Å². The third kappa shape index (κ3) is 9.69. The van der Waals surface area contributed by atoms with Crippen LogP contribution in [0.5, 0.6) is 0 Å². The molecular weight excluding hydrogens is 192 g/mol. The van der Waals surface area contributed by atoms with Gasteiger partial charge in [0, 0.05) is 26.1 Å². The van der Waals surface area contributed by atoms with Gasteiger partial charge >= 0.3 is 0 Å². The SMILES string of the molecule is CC(CO)CCCNC(=O)CCN(C)C. The lowest BCUT2D eigenvalue weighted by Crippen LogP contribution is -2.28. The Morgan fingerprint density at radius 2 is 2.13 bits per heavy atom. The molecule has 0 aromatic rings. The maximum atomic E-state index is 11.3. The Bertz CT molecular complexity index is 172. The van der Waals surface area contributed by atoms with Crippen LogP contribution in [0.25, 0.3) is 0 Å². The average molecular weight is 216 g/mol. The normalized spacial score (nSPS) is 12.9. The fraction of sp³-hybridized carbons (Fsp3) is 0.909. The molecule has 1 amide bonds. The summed E-state index contributed by atoms with van der Waals surface area (Å²) in [5.74, 6) is 0.448. The molecule has 0 aliphatic carbocycles. The van der Waals surface area contributed by atoms with E-state index in [4.69, 9.17) is 5.11 Å². The van der Waals surface area contributed by atoms with Crippen molar-refractivity contribution in [3.63, 3.8) is 0 Å². The molecule has 1 atom stereocenters. The molecule has 2 N–H and O–H groups in total. The van der Waals surface area contributed by atoms with Crippen LogP contribution in [-0.2, 0) is 4.79 Å². The maximum Gasteiger partial charge on any atom is 0.221 e. The molecule has 0 saturated heterocycles. The van der Waals surface area contributed by atoms with Crippen LogP contribution in [0.3, 0.4) is 0 Å². The van der Waals surface area contributed by atoms with Crippen LogP contribution in [0.4, 0.5) is 0 Å². The summed E-state index contributed by atoms with van der Waals surface area (Å²) in [4.78, 5) is 13.3. The highest BCUT2D eigenvalue weighted by molar-refractivity contribution is 5.75. The monoisotopic (exact) mass is 216 g/mol. The van der Waals surface area contributed by atoms with Gasteiger partial charge in [0.15, 0.2) is 0 Å². The highest BCUT2D eigenvalue weighted by atomic mass is 16.3. The lowest BCUT2D eigenvalue weighted by atomic mass is 10.1. The third-order valence-electron chi connectivity index (χ3n) is 2.29. The second kappa shape index (κ2) is 8.68. The Morgan fingerprint density at radius 3 is 2.67 bits per heavy atom. The van der Waals surface area contributed by atoms with Gasteiger partial charge in [-0.25, -0.2) is 0 Å². The minimum atomic E-state index is 0.111. The lowest BCUT2D eigenvalue weighted by molar-refractivity contribution is -0.121. The number of hydrogen-bond acceptors (Lipinski definition) is 3. The van der Waals surface area contributed by atoms with Crippen LogP contribution >= 0.6 is 0 Å². The van der Waals surface area contributed by atoms with Crippen molar-refractivity contribution in [1.82, 2.24) is 10.2 Å². The molecule has 90 valence electrons. The molecule has 0 aliphatic heterocycles. The van der Waals surface area contributed by atoms with Crippen molar-refractivity contribution >= 4 is 5.91 Å². The van der Waals surface area contributed by atoms with Crippen molar-refractivity contribution in [1.29, 1.82) is 0 Å². The van der Waals surface area contributed by atoms with Gasteiger partial charge in [-0.3, -0.25) is 4.79 Å². The summed E-state index contributed by atoms with van der Waals surface area (Å²) >= 11 is 0. The van der Waals surface area contributed by atoms with E-state index in [0.29, 0.717) is 12.3 Å². The molecular formula is C11H24N2O2. The van der Waals surface area contributed by atoms with Gasteiger partial charge in [-0.2, -0.15) is 0 Å². The summed E-state index contributed by atoms with van der Waals surface area (Å²) in [5, 5.41) is 11.7. The van der Waals surface area contributed by atoms with Gasteiger partial charge in [-0.05, 0) is 32.9 Å². The number of rotatable bonds is 8. The topological polar surface area (TPSA) is 52.6 Å². The number of carbonyl (C=O) groups excluding carboxylic acids is 1. The summed E-state index contributed by atoms with van der Waals surface area (Å²) in [5.41, 5.74) is 0. The van der Waals surface area contributed by atoms with Crippen molar-refractivity contribution in [2.24, 2.45) is 5.92 Å². The van der Waals surface area contributed by atoms with Crippen LogP contribution in [-0.4, -0.2) is 49.7 Å². The molecule has 4 heteroatoms. The number of nitrogens with zero attached hydrogens (tertiary/aromatic N) is 1. The molecule has 0 fully saturated rings. The van der Waals surface area contributed by atoms with E-state index in [9.17, 15) is 4.79 Å². The summed E-state index contributed by atoms with van der Waals surface area (Å²) in [6.45, 7) is 3.75. The zero-order chi connectivity index (χ0) is 11.7. The predicted molar refractivity (Wildman–Crippen MR) is 61.7 cm³/mol. The number of amides is 1. The number of aliphatic hydroxyl groups excluding tert-OH is 1. The van der Waals surface area contributed by atoms with E-state index >= 15 is 0 Å². The lowest BCUT2D eigenvalue weighted by Gasteiger charge is -2.10. The predicted octanol–water partition coefficient (Wildman–Crippen LogP) is 0.463. The first-order valence-electron chi connectivity index (χ1n) is 5.58. The number of carbonyl (C=O) groups is 1. The summed E-state index contributed by atoms with van der Waals surface area (Å²) in [7, 11) is 3.91. The van der Waals surface area contributed by atoms with Gasteiger partial charge in [0.25, 0.3) is 0 Å². The molecule has 0 saturated carbocycles. The van der Waals surface area contributed by atoms with Gasteiger partial charge in [0.1, 0.15) is 0 Å². The Kier molecular flexibility index (Phi) is 8.33. The van der Waals surface area contributed by atoms with E-state index in [1.165, 1.54) is 0 Å². The molecule has 0 aromatic heterocycles. The van der Waals surface area contributed by atoms with Gasteiger partial charge in [0.2, 0.25) is 5.91 Å².